The summed E-state index contributed by atoms with van der Waals surface area (Å²) >= 11 is 0. The minimum atomic E-state index is -1.28. The van der Waals surface area contributed by atoms with Gasteiger partial charge in [0.05, 0.1) is 0 Å². The highest BCUT2D eigenvalue weighted by atomic mass is 19.1. The molecule has 90 valence electrons. The van der Waals surface area contributed by atoms with Gasteiger partial charge in [0.15, 0.2) is 0 Å². The van der Waals surface area contributed by atoms with Crippen LogP contribution in [0.25, 0.3) is 0 Å². The summed E-state index contributed by atoms with van der Waals surface area (Å²) in [5.41, 5.74) is 6.25. The number of aromatic nitrogens is 1. The summed E-state index contributed by atoms with van der Waals surface area (Å²) in [6, 6.07) is 3.74. The summed E-state index contributed by atoms with van der Waals surface area (Å²) in [5, 5.41) is 0. The Morgan fingerprint density at radius 2 is 2.35 bits per heavy atom. The minimum Gasteiger partial charge on any atom is -0.330 e. The SMILES string of the molecule is NCCC1=CCC(F)(Cc2cccnc2)C=C1. The molecule has 2 N–H and O–H groups in total. The van der Waals surface area contributed by atoms with Gasteiger partial charge in [0.1, 0.15) is 5.67 Å². The summed E-state index contributed by atoms with van der Waals surface area (Å²) in [5.74, 6) is 0. The van der Waals surface area contributed by atoms with Crippen molar-refractivity contribution >= 4 is 0 Å². The van der Waals surface area contributed by atoms with Gasteiger partial charge < -0.3 is 5.73 Å². The van der Waals surface area contributed by atoms with Crippen molar-refractivity contribution in [2.24, 2.45) is 5.73 Å². The van der Waals surface area contributed by atoms with Gasteiger partial charge in [-0.1, -0.05) is 23.8 Å². The van der Waals surface area contributed by atoms with Crippen LogP contribution in [-0.2, 0) is 6.42 Å². The number of hydrogen-bond acceptors (Lipinski definition) is 2. The van der Waals surface area contributed by atoms with Crippen LogP contribution in [0.1, 0.15) is 18.4 Å². The Morgan fingerprint density at radius 1 is 1.47 bits per heavy atom. The Labute approximate surface area is 101 Å². The van der Waals surface area contributed by atoms with E-state index >= 15 is 0 Å². The fourth-order valence-electron chi connectivity index (χ4n) is 2.02. The van der Waals surface area contributed by atoms with E-state index in [1.807, 2.05) is 24.3 Å². The molecule has 2 rings (SSSR count). The van der Waals surface area contributed by atoms with Gasteiger partial charge >= 0.3 is 0 Å². The summed E-state index contributed by atoms with van der Waals surface area (Å²) in [6.45, 7) is 0.609. The third kappa shape index (κ3) is 3.24. The van der Waals surface area contributed by atoms with Crippen molar-refractivity contribution in [3.63, 3.8) is 0 Å². The first-order valence-corrected chi connectivity index (χ1v) is 5.88. The minimum absolute atomic E-state index is 0.379. The van der Waals surface area contributed by atoms with Gasteiger partial charge in [-0.15, -0.1) is 0 Å². The maximum absolute atomic E-state index is 14.5. The van der Waals surface area contributed by atoms with Gasteiger partial charge in [-0.25, -0.2) is 4.39 Å². The van der Waals surface area contributed by atoms with E-state index in [0.717, 1.165) is 17.6 Å². The molecule has 1 aromatic rings. The van der Waals surface area contributed by atoms with Crippen molar-refractivity contribution < 1.29 is 4.39 Å². The topological polar surface area (TPSA) is 38.9 Å². The van der Waals surface area contributed by atoms with Gasteiger partial charge in [0.25, 0.3) is 0 Å². The number of hydrogen-bond donors (Lipinski definition) is 1. The van der Waals surface area contributed by atoms with E-state index in [0.29, 0.717) is 19.4 Å². The zero-order valence-corrected chi connectivity index (χ0v) is 9.77. The summed E-state index contributed by atoms with van der Waals surface area (Å²) in [4.78, 5) is 4.00. The molecular weight excluding hydrogens is 215 g/mol. The third-order valence-electron chi connectivity index (χ3n) is 2.95. The van der Waals surface area contributed by atoms with Gasteiger partial charge in [-0.2, -0.15) is 0 Å². The number of allylic oxidation sites excluding steroid dienone is 3. The van der Waals surface area contributed by atoms with E-state index in [2.05, 4.69) is 4.98 Å². The summed E-state index contributed by atoms with van der Waals surface area (Å²) < 4.78 is 14.5. The van der Waals surface area contributed by atoms with Crippen molar-refractivity contribution in [3.8, 4) is 0 Å². The molecule has 2 nitrogen and oxygen atoms in total. The lowest BCUT2D eigenvalue weighted by Gasteiger charge is -2.23. The average molecular weight is 232 g/mol. The van der Waals surface area contributed by atoms with E-state index in [9.17, 15) is 4.39 Å². The number of rotatable bonds is 4. The first kappa shape index (κ1) is 12.0. The first-order chi connectivity index (χ1) is 8.22. The standard InChI is InChI=1S/C14H17FN2/c15-14(10-13-2-1-9-17-11-13)6-3-12(4-7-14)5-8-16/h1-4,6,9,11H,5,7-8,10,16H2. The highest BCUT2D eigenvalue weighted by Gasteiger charge is 2.27. The predicted octanol–water partition coefficient (Wildman–Crippen LogP) is 2.57. The highest BCUT2D eigenvalue weighted by molar-refractivity contribution is 5.30. The number of nitrogens with two attached hydrogens (primary N) is 1. The van der Waals surface area contributed by atoms with Crippen LogP contribution in [0.2, 0.25) is 0 Å². The predicted molar refractivity (Wildman–Crippen MR) is 67.3 cm³/mol. The number of halogens is 1. The van der Waals surface area contributed by atoms with E-state index in [1.54, 1.807) is 18.5 Å². The maximum Gasteiger partial charge on any atom is 0.137 e. The zero-order chi connectivity index (χ0) is 12.1. The molecule has 0 amide bonds. The van der Waals surface area contributed by atoms with E-state index in [-0.39, 0.29) is 0 Å². The second kappa shape index (κ2) is 5.23. The smallest absolute Gasteiger partial charge is 0.137 e. The molecule has 1 atom stereocenters. The summed E-state index contributed by atoms with van der Waals surface area (Å²) in [7, 11) is 0. The van der Waals surface area contributed by atoms with Gasteiger partial charge in [-0.3, -0.25) is 4.98 Å². The van der Waals surface area contributed by atoms with Crippen LogP contribution < -0.4 is 5.73 Å². The molecule has 1 unspecified atom stereocenters. The quantitative estimate of drug-likeness (QED) is 0.866. The molecule has 0 aromatic carbocycles. The number of nitrogens with zero attached hydrogens (tertiary/aromatic N) is 1. The number of pyridine rings is 1. The lowest BCUT2D eigenvalue weighted by molar-refractivity contribution is 0.229. The molecule has 0 saturated heterocycles. The van der Waals surface area contributed by atoms with E-state index in [1.165, 1.54) is 0 Å². The Hall–Kier alpha value is -1.48. The fraction of sp³-hybridized carbons (Fsp3) is 0.357. The Morgan fingerprint density at radius 3 is 2.94 bits per heavy atom. The molecular formula is C14H17FN2. The molecule has 0 radical (unpaired) electrons. The van der Waals surface area contributed by atoms with E-state index in [4.69, 9.17) is 5.73 Å². The molecule has 3 heteroatoms. The van der Waals surface area contributed by atoms with Crippen LogP contribution in [0.5, 0.6) is 0 Å². The lowest BCUT2D eigenvalue weighted by atomic mass is 9.88. The molecule has 0 bridgehead atoms. The van der Waals surface area contributed by atoms with Crippen molar-refractivity contribution in [1.29, 1.82) is 0 Å². The normalized spacial score (nSPS) is 23.5. The lowest BCUT2D eigenvalue weighted by Crippen LogP contribution is -2.24. The van der Waals surface area contributed by atoms with Gasteiger partial charge in [0.2, 0.25) is 0 Å². The molecule has 0 spiro atoms. The first-order valence-electron chi connectivity index (χ1n) is 5.88. The molecule has 0 saturated carbocycles. The molecule has 17 heavy (non-hydrogen) atoms. The molecule has 0 fully saturated rings. The van der Waals surface area contributed by atoms with Crippen LogP contribution in [0, 0.1) is 0 Å². The van der Waals surface area contributed by atoms with Gasteiger partial charge in [-0.05, 0) is 30.7 Å². The maximum atomic E-state index is 14.5. The second-order valence-electron chi connectivity index (χ2n) is 4.43. The average Bonchev–Trinajstić information content (AvgIpc) is 2.34. The zero-order valence-electron chi connectivity index (χ0n) is 9.77. The fourth-order valence-corrected chi connectivity index (χ4v) is 2.02. The van der Waals surface area contributed by atoms with Crippen LogP contribution in [0.4, 0.5) is 4.39 Å². The summed E-state index contributed by atoms with van der Waals surface area (Å²) in [6.07, 6.45) is 10.5. The Bertz CT molecular complexity index is 425. The molecule has 0 aliphatic heterocycles. The molecule has 1 aromatic heterocycles. The van der Waals surface area contributed by atoms with Gasteiger partial charge in [0, 0.05) is 25.2 Å². The van der Waals surface area contributed by atoms with Crippen molar-refractivity contribution in [2.75, 3.05) is 6.54 Å². The van der Waals surface area contributed by atoms with Crippen molar-refractivity contribution in [3.05, 3.63) is 53.9 Å². The van der Waals surface area contributed by atoms with E-state index < -0.39 is 5.67 Å². The van der Waals surface area contributed by atoms with Crippen LogP contribution in [0.3, 0.4) is 0 Å². The van der Waals surface area contributed by atoms with Crippen LogP contribution in [-0.4, -0.2) is 17.2 Å². The number of alkyl halides is 1. The largest absolute Gasteiger partial charge is 0.330 e. The Balaban J connectivity index is 2.02. The van der Waals surface area contributed by atoms with Crippen molar-refractivity contribution in [2.45, 2.75) is 24.9 Å². The monoisotopic (exact) mass is 232 g/mol. The molecule has 1 aliphatic carbocycles. The third-order valence-corrected chi connectivity index (χ3v) is 2.95. The van der Waals surface area contributed by atoms with Crippen molar-refractivity contribution in [1.82, 2.24) is 4.98 Å². The van der Waals surface area contributed by atoms with Crippen LogP contribution >= 0.6 is 0 Å². The van der Waals surface area contributed by atoms with Crippen LogP contribution in [0.15, 0.2) is 48.3 Å². The second-order valence-corrected chi connectivity index (χ2v) is 4.43. The Kier molecular flexibility index (Phi) is 3.69. The molecule has 1 heterocycles. The highest BCUT2D eigenvalue weighted by Crippen LogP contribution is 2.29. The molecule has 1 aliphatic rings.